The zero-order chi connectivity index (χ0) is 18.9. The summed E-state index contributed by atoms with van der Waals surface area (Å²) in [5.41, 5.74) is 0. The zero-order valence-electron chi connectivity index (χ0n) is 14.5. The molecule has 2 atom stereocenters. The van der Waals surface area contributed by atoms with Gasteiger partial charge in [-0.1, -0.05) is 6.07 Å². The zero-order valence-corrected chi connectivity index (χ0v) is 16.2. The largest absolute Gasteiger partial charge is 0.486 e. The molecule has 2 aliphatic heterocycles. The molecule has 26 heavy (non-hydrogen) atoms. The summed E-state index contributed by atoms with van der Waals surface area (Å²) in [7, 11) is -4.53. The molecule has 1 aromatic carbocycles. The molecule has 0 saturated carbocycles. The van der Waals surface area contributed by atoms with E-state index in [2.05, 4.69) is 4.72 Å². The van der Waals surface area contributed by atoms with Crippen molar-refractivity contribution in [3.8, 4) is 11.5 Å². The first kappa shape index (κ1) is 19.4. The van der Waals surface area contributed by atoms with Gasteiger partial charge in [-0.25, -0.2) is 25.9 Å². The van der Waals surface area contributed by atoms with Crippen molar-refractivity contribution < 1.29 is 31.0 Å². The van der Waals surface area contributed by atoms with Crippen molar-refractivity contribution >= 4 is 20.0 Å². The fourth-order valence-corrected chi connectivity index (χ4v) is 5.45. The van der Waals surface area contributed by atoms with E-state index in [4.69, 9.17) is 14.2 Å². The standard InChI is InChI=1S/C15H22N2O7S2/c1-17(2)25(18,19)10-11-8-22-9-12(11)16-26(20,21)14-5-3-4-13-15(14)24-7-6-23-13/h3-5,11-12,16H,6-10H2,1-2H3/t11-,12-/m0/s1. The van der Waals surface area contributed by atoms with Crippen LogP contribution in [0.25, 0.3) is 0 Å². The fraction of sp³-hybridized carbons (Fsp3) is 0.600. The van der Waals surface area contributed by atoms with Gasteiger partial charge in [0.15, 0.2) is 11.5 Å². The van der Waals surface area contributed by atoms with E-state index in [1.165, 1.54) is 20.2 Å². The first-order valence-corrected chi connectivity index (χ1v) is 11.2. The highest BCUT2D eigenvalue weighted by Gasteiger charge is 2.37. The van der Waals surface area contributed by atoms with E-state index in [1.54, 1.807) is 12.1 Å². The molecule has 0 bridgehead atoms. The maximum Gasteiger partial charge on any atom is 0.244 e. The Morgan fingerprint density at radius 1 is 1.12 bits per heavy atom. The van der Waals surface area contributed by atoms with Crippen LogP contribution in [0.5, 0.6) is 11.5 Å². The van der Waals surface area contributed by atoms with Crippen molar-refractivity contribution in [1.29, 1.82) is 0 Å². The molecule has 2 heterocycles. The van der Waals surface area contributed by atoms with Crippen LogP contribution in [0.15, 0.2) is 23.1 Å². The molecule has 0 radical (unpaired) electrons. The van der Waals surface area contributed by atoms with Crippen LogP contribution in [0.1, 0.15) is 0 Å². The fourth-order valence-electron chi connectivity index (χ4n) is 2.83. The third-order valence-corrected chi connectivity index (χ3v) is 7.78. The maximum absolute atomic E-state index is 12.8. The van der Waals surface area contributed by atoms with Gasteiger partial charge in [0.2, 0.25) is 20.0 Å². The van der Waals surface area contributed by atoms with E-state index < -0.39 is 32.0 Å². The van der Waals surface area contributed by atoms with Crippen molar-refractivity contribution in [3.05, 3.63) is 18.2 Å². The van der Waals surface area contributed by atoms with Crippen LogP contribution in [-0.2, 0) is 24.8 Å². The molecule has 1 aromatic rings. The molecule has 1 saturated heterocycles. The maximum atomic E-state index is 12.8. The second kappa shape index (κ2) is 7.31. The van der Waals surface area contributed by atoms with Crippen LogP contribution >= 0.6 is 0 Å². The Balaban J connectivity index is 1.81. The van der Waals surface area contributed by atoms with E-state index in [0.717, 1.165) is 4.31 Å². The molecular weight excluding hydrogens is 384 g/mol. The van der Waals surface area contributed by atoms with Gasteiger partial charge in [0.05, 0.1) is 25.0 Å². The number of nitrogens with zero attached hydrogens (tertiary/aromatic N) is 1. The van der Waals surface area contributed by atoms with Crippen molar-refractivity contribution in [3.63, 3.8) is 0 Å². The second-order valence-corrected chi connectivity index (χ2v) is 10.3. The third kappa shape index (κ3) is 3.96. The van der Waals surface area contributed by atoms with Gasteiger partial charge in [-0.2, -0.15) is 0 Å². The monoisotopic (exact) mass is 406 g/mol. The number of ether oxygens (including phenoxy) is 3. The van der Waals surface area contributed by atoms with Crippen LogP contribution in [0, 0.1) is 5.92 Å². The van der Waals surface area contributed by atoms with Crippen molar-refractivity contribution in [2.24, 2.45) is 5.92 Å². The number of fused-ring (bicyclic) bond motifs is 1. The van der Waals surface area contributed by atoms with Gasteiger partial charge in [-0.05, 0) is 12.1 Å². The van der Waals surface area contributed by atoms with E-state index in [-0.39, 0.29) is 36.2 Å². The first-order valence-electron chi connectivity index (χ1n) is 8.09. The van der Waals surface area contributed by atoms with Crippen LogP contribution in [0.4, 0.5) is 0 Å². The lowest BCUT2D eigenvalue weighted by Crippen LogP contribution is -2.43. The van der Waals surface area contributed by atoms with Gasteiger partial charge in [0, 0.05) is 20.0 Å². The van der Waals surface area contributed by atoms with E-state index in [1.807, 2.05) is 0 Å². The molecule has 146 valence electrons. The molecule has 0 spiro atoms. The van der Waals surface area contributed by atoms with Gasteiger partial charge in [-0.3, -0.25) is 0 Å². The Morgan fingerprint density at radius 3 is 2.58 bits per heavy atom. The number of rotatable bonds is 6. The summed E-state index contributed by atoms with van der Waals surface area (Å²) in [5, 5.41) is 0. The quantitative estimate of drug-likeness (QED) is 0.687. The van der Waals surface area contributed by atoms with Crippen LogP contribution in [0.2, 0.25) is 0 Å². The average molecular weight is 406 g/mol. The SMILES string of the molecule is CN(C)S(=O)(=O)C[C@@H]1COC[C@@H]1NS(=O)(=O)c1cccc2c1OCCO2. The minimum Gasteiger partial charge on any atom is -0.486 e. The Morgan fingerprint density at radius 2 is 1.85 bits per heavy atom. The Kier molecular flexibility index (Phi) is 5.45. The molecular formula is C15H22N2O7S2. The van der Waals surface area contributed by atoms with E-state index in [0.29, 0.717) is 12.4 Å². The molecule has 0 amide bonds. The minimum absolute atomic E-state index is 0.0317. The molecule has 3 rings (SSSR count). The molecule has 0 aliphatic carbocycles. The van der Waals surface area contributed by atoms with Crippen LogP contribution in [-0.4, -0.2) is 73.5 Å². The van der Waals surface area contributed by atoms with Gasteiger partial charge < -0.3 is 14.2 Å². The Bertz CT molecular complexity index is 868. The lowest BCUT2D eigenvalue weighted by atomic mass is 10.1. The smallest absolute Gasteiger partial charge is 0.244 e. The molecule has 9 nitrogen and oxygen atoms in total. The molecule has 0 aromatic heterocycles. The highest BCUT2D eigenvalue weighted by atomic mass is 32.2. The normalized spacial score (nSPS) is 23.3. The number of sulfonamides is 2. The van der Waals surface area contributed by atoms with Gasteiger partial charge in [0.1, 0.15) is 18.1 Å². The van der Waals surface area contributed by atoms with Gasteiger partial charge in [0.25, 0.3) is 0 Å². The predicted octanol–water partition coefficient (Wildman–Crippen LogP) is -0.357. The highest BCUT2D eigenvalue weighted by molar-refractivity contribution is 7.89. The first-order chi connectivity index (χ1) is 12.2. The van der Waals surface area contributed by atoms with Crippen LogP contribution in [0.3, 0.4) is 0 Å². The topological polar surface area (TPSA) is 111 Å². The minimum atomic E-state index is -3.94. The lowest BCUT2D eigenvalue weighted by Gasteiger charge is -2.23. The van der Waals surface area contributed by atoms with Crippen LogP contribution < -0.4 is 14.2 Å². The van der Waals surface area contributed by atoms with Gasteiger partial charge >= 0.3 is 0 Å². The van der Waals surface area contributed by atoms with Crippen molar-refractivity contribution in [2.45, 2.75) is 10.9 Å². The molecule has 0 unspecified atom stereocenters. The number of hydrogen-bond acceptors (Lipinski definition) is 7. The van der Waals surface area contributed by atoms with Crippen molar-refractivity contribution in [2.75, 3.05) is 46.3 Å². The summed E-state index contributed by atoms with van der Waals surface area (Å²) in [4.78, 5) is -0.0317. The summed E-state index contributed by atoms with van der Waals surface area (Å²) >= 11 is 0. The number of benzene rings is 1. The number of para-hydroxylation sites is 1. The summed E-state index contributed by atoms with van der Waals surface area (Å²) in [6.45, 7) is 0.895. The molecule has 1 N–H and O–H groups in total. The third-order valence-electron chi connectivity index (χ3n) is 4.31. The molecule has 2 aliphatic rings. The Labute approximate surface area is 153 Å². The van der Waals surface area contributed by atoms with Gasteiger partial charge in [-0.15, -0.1) is 0 Å². The lowest BCUT2D eigenvalue weighted by molar-refractivity contribution is 0.167. The molecule has 11 heteroatoms. The van der Waals surface area contributed by atoms with E-state index in [9.17, 15) is 16.8 Å². The second-order valence-electron chi connectivity index (χ2n) is 6.37. The van der Waals surface area contributed by atoms with Crippen molar-refractivity contribution in [1.82, 2.24) is 9.03 Å². The highest BCUT2D eigenvalue weighted by Crippen LogP contribution is 2.36. The summed E-state index contributed by atoms with van der Waals surface area (Å²) < 4.78 is 69.8. The predicted molar refractivity (Wildman–Crippen MR) is 93.3 cm³/mol. The number of hydrogen-bond donors (Lipinski definition) is 1. The summed E-state index contributed by atoms with van der Waals surface area (Å²) in [6.07, 6.45) is 0. The summed E-state index contributed by atoms with van der Waals surface area (Å²) in [6, 6.07) is 3.99. The summed E-state index contributed by atoms with van der Waals surface area (Å²) in [5.74, 6) is -0.135. The Hall–Kier alpha value is -1.40. The molecule has 1 fully saturated rings. The van der Waals surface area contributed by atoms with E-state index >= 15 is 0 Å². The number of nitrogens with one attached hydrogen (secondary N) is 1. The average Bonchev–Trinajstić information content (AvgIpc) is 2.99.